The first-order valence-corrected chi connectivity index (χ1v) is 7.82. The third-order valence-corrected chi connectivity index (χ3v) is 4.81. The molecule has 1 aliphatic rings. The summed E-state index contributed by atoms with van der Waals surface area (Å²) in [6.07, 6.45) is 5.59. The molecule has 3 rings (SSSR count). The van der Waals surface area contributed by atoms with Crippen LogP contribution in [0.1, 0.15) is 28.3 Å². The van der Waals surface area contributed by atoms with E-state index in [9.17, 15) is 0 Å². The normalized spacial score (nSPS) is 14.9. The molecule has 1 heterocycles. The number of halogens is 1. The summed E-state index contributed by atoms with van der Waals surface area (Å²) in [6, 6.07) is 9.11. The van der Waals surface area contributed by atoms with Crippen LogP contribution >= 0.6 is 27.3 Å². The van der Waals surface area contributed by atoms with Gasteiger partial charge in [0.15, 0.2) is 0 Å². The van der Waals surface area contributed by atoms with Gasteiger partial charge < -0.3 is 5.32 Å². The topological polar surface area (TPSA) is 24.9 Å². The maximum Gasteiger partial charge on any atom is 0.0972 e. The summed E-state index contributed by atoms with van der Waals surface area (Å²) in [4.78, 5) is 5.85. The van der Waals surface area contributed by atoms with E-state index in [1.807, 2.05) is 23.6 Å². The fourth-order valence-electron chi connectivity index (χ4n) is 1.85. The zero-order valence-corrected chi connectivity index (χ0v) is 12.4. The van der Waals surface area contributed by atoms with Crippen molar-refractivity contribution in [3.05, 3.63) is 50.4 Å². The van der Waals surface area contributed by atoms with Crippen LogP contribution in [0.4, 0.5) is 0 Å². The van der Waals surface area contributed by atoms with E-state index in [2.05, 4.69) is 44.4 Å². The summed E-state index contributed by atoms with van der Waals surface area (Å²) in [5, 5.41) is 4.71. The molecule has 0 aliphatic heterocycles. The van der Waals surface area contributed by atoms with Crippen molar-refractivity contribution < 1.29 is 0 Å². The number of nitrogens with one attached hydrogen (secondary N) is 1. The molecule has 4 heteroatoms. The summed E-state index contributed by atoms with van der Waals surface area (Å²) in [7, 11) is 0. The van der Waals surface area contributed by atoms with Crippen molar-refractivity contribution in [2.24, 2.45) is 0 Å². The zero-order valence-electron chi connectivity index (χ0n) is 10.0. The lowest BCUT2D eigenvalue weighted by Gasteiger charge is -2.01. The molecule has 0 unspecified atom stereocenters. The second-order valence-corrected chi connectivity index (χ2v) is 6.70. The van der Waals surface area contributed by atoms with Crippen LogP contribution in [0.15, 0.2) is 34.9 Å². The predicted molar refractivity (Wildman–Crippen MR) is 78.9 cm³/mol. The molecule has 1 fully saturated rings. The van der Waals surface area contributed by atoms with E-state index in [1.165, 1.54) is 28.3 Å². The van der Waals surface area contributed by atoms with Crippen molar-refractivity contribution >= 4 is 27.3 Å². The predicted octanol–water partition coefficient (Wildman–Crippen LogP) is 3.75. The number of benzene rings is 1. The quantitative estimate of drug-likeness (QED) is 0.906. The summed E-state index contributed by atoms with van der Waals surface area (Å²) in [5.41, 5.74) is 1.30. The third kappa shape index (κ3) is 3.19. The van der Waals surface area contributed by atoms with Gasteiger partial charge in [-0.3, -0.25) is 0 Å². The average Bonchev–Trinajstić information content (AvgIpc) is 3.10. The molecule has 1 aliphatic carbocycles. The Balaban J connectivity index is 1.63. The van der Waals surface area contributed by atoms with Crippen LogP contribution in [0.25, 0.3) is 0 Å². The Morgan fingerprint density at radius 3 is 2.94 bits per heavy atom. The Bertz CT molecular complexity index is 534. The van der Waals surface area contributed by atoms with E-state index in [1.54, 1.807) is 0 Å². The average molecular weight is 323 g/mol. The van der Waals surface area contributed by atoms with Gasteiger partial charge in [-0.1, -0.05) is 34.1 Å². The molecule has 2 nitrogen and oxygen atoms in total. The van der Waals surface area contributed by atoms with Crippen molar-refractivity contribution in [3.8, 4) is 0 Å². The Kier molecular flexibility index (Phi) is 3.77. The van der Waals surface area contributed by atoms with Crippen molar-refractivity contribution in [2.45, 2.75) is 31.8 Å². The number of thiazole rings is 1. The van der Waals surface area contributed by atoms with Crippen LogP contribution in [-0.4, -0.2) is 11.0 Å². The molecule has 0 amide bonds. The smallest absolute Gasteiger partial charge is 0.0972 e. The van der Waals surface area contributed by atoms with Gasteiger partial charge in [-0.25, -0.2) is 4.98 Å². The van der Waals surface area contributed by atoms with Gasteiger partial charge in [0.1, 0.15) is 0 Å². The van der Waals surface area contributed by atoms with Gasteiger partial charge in [-0.2, -0.15) is 0 Å². The van der Waals surface area contributed by atoms with Gasteiger partial charge in [0, 0.05) is 34.6 Å². The number of hydrogen-bond donors (Lipinski definition) is 1. The van der Waals surface area contributed by atoms with E-state index in [0.717, 1.165) is 23.5 Å². The van der Waals surface area contributed by atoms with Gasteiger partial charge >= 0.3 is 0 Å². The molecule has 0 radical (unpaired) electrons. The highest BCUT2D eigenvalue weighted by molar-refractivity contribution is 9.10. The third-order valence-electron chi connectivity index (χ3n) is 3.04. The molecule has 1 aromatic heterocycles. The largest absolute Gasteiger partial charge is 0.309 e. The number of aromatic nitrogens is 1. The highest BCUT2D eigenvalue weighted by Crippen LogP contribution is 2.23. The minimum absolute atomic E-state index is 0.763. The lowest BCUT2D eigenvalue weighted by molar-refractivity contribution is 0.694. The van der Waals surface area contributed by atoms with Crippen LogP contribution in [0.5, 0.6) is 0 Å². The van der Waals surface area contributed by atoms with Crippen molar-refractivity contribution in [2.75, 3.05) is 0 Å². The number of hydrogen-bond acceptors (Lipinski definition) is 3. The first-order chi connectivity index (χ1) is 8.81. The van der Waals surface area contributed by atoms with E-state index in [0.29, 0.717) is 0 Å². The SMILES string of the molecule is Brc1ccccc1Cc1ncc(CNC2CC2)s1. The standard InChI is InChI=1S/C14H15BrN2S/c15-13-4-2-1-3-10(13)7-14-17-9-12(18-14)8-16-11-5-6-11/h1-4,9,11,16H,5-8H2. The fraction of sp³-hybridized carbons (Fsp3) is 0.357. The molecule has 1 N–H and O–H groups in total. The molecule has 0 spiro atoms. The second kappa shape index (κ2) is 5.51. The lowest BCUT2D eigenvalue weighted by Crippen LogP contribution is -2.14. The Hall–Kier alpha value is -0.710. The zero-order chi connectivity index (χ0) is 12.4. The molecule has 2 aromatic rings. The van der Waals surface area contributed by atoms with Gasteiger partial charge in [-0.15, -0.1) is 11.3 Å². The summed E-state index contributed by atoms with van der Waals surface area (Å²) < 4.78 is 1.16. The van der Waals surface area contributed by atoms with Crippen LogP contribution in [0.3, 0.4) is 0 Å². The maximum atomic E-state index is 4.51. The molecule has 0 saturated heterocycles. The van der Waals surface area contributed by atoms with E-state index in [-0.39, 0.29) is 0 Å². The second-order valence-electron chi connectivity index (χ2n) is 4.64. The molecule has 18 heavy (non-hydrogen) atoms. The van der Waals surface area contributed by atoms with Crippen molar-refractivity contribution in [3.63, 3.8) is 0 Å². The van der Waals surface area contributed by atoms with Crippen molar-refractivity contribution in [1.82, 2.24) is 10.3 Å². The molecule has 94 valence electrons. The maximum absolute atomic E-state index is 4.51. The fourth-order valence-corrected chi connectivity index (χ4v) is 3.17. The molecule has 1 aromatic carbocycles. The Labute approximate surface area is 120 Å². The van der Waals surface area contributed by atoms with Crippen LogP contribution in [0.2, 0.25) is 0 Å². The molecule has 0 bridgehead atoms. The van der Waals surface area contributed by atoms with Gasteiger partial charge in [0.2, 0.25) is 0 Å². The van der Waals surface area contributed by atoms with Gasteiger partial charge in [-0.05, 0) is 24.5 Å². The van der Waals surface area contributed by atoms with Crippen LogP contribution in [-0.2, 0) is 13.0 Å². The Morgan fingerprint density at radius 2 is 2.17 bits per heavy atom. The van der Waals surface area contributed by atoms with Crippen LogP contribution < -0.4 is 5.32 Å². The van der Waals surface area contributed by atoms with Crippen molar-refractivity contribution in [1.29, 1.82) is 0 Å². The molecule has 0 atom stereocenters. The first kappa shape index (κ1) is 12.3. The first-order valence-electron chi connectivity index (χ1n) is 6.21. The highest BCUT2D eigenvalue weighted by atomic mass is 79.9. The molecular formula is C14H15BrN2S. The summed E-state index contributed by atoms with van der Waals surface area (Å²) >= 11 is 5.39. The van der Waals surface area contributed by atoms with E-state index < -0.39 is 0 Å². The van der Waals surface area contributed by atoms with Crippen LogP contribution in [0, 0.1) is 0 Å². The summed E-state index contributed by atoms with van der Waals surface area (Å²) in [5.74, 6) is 0. The molecular weight excluding hydrogens is 308 g/mol. The summed E-state index contributed by atoms with van der Waals surface area (Å²) in [6.45, 7) is 0.971. The Morgan fingerprint density at radius 1 is 1.33 bits per heavy atom. The monoisotopic (exact) mass is 322 g/mol. The highest BCUT2D eigenvalue weighted by Gasteiger charge is 2.20. The minimum Gasteiger partial charge on any atom is -0.309 e. The van der Waals surface area contributed by atoms with Gasteiger partial charge in [0.25, 0.3) is 0 Å². The van der Waals surface area contributed by atoms with Gasteiger partial charge in [0.05, 0.1) is 5.01 Å². The number of nitrogens with zero attached hydrogens (tertiary/aromatic N) is 1. The van der Waals surface area contributed by atoms with E-state index in [4.69, 9.17) is 0 Å². The molecule has 1 saturated carbocycles. The minimum atomic E-state index is 0.763. The van der Waals surface area contributed by atoms with E-state index >= 15 is 0 Å². The number of rotatable bonds is 5. The lowest BCUT2D eigenvalue weighted by atomic mass is 10.2.